The van der Waals surface area contributed by atoms with Gasteiger partial charge in [-0.15, -0.1) is 12.8 Å². The number of hydrogen-bond acceptors (Lipinski definition) is 6. The first kappa shape index (κ1) is 28.1. The highest BCUT2D eigenvalue weighted by atomic mass is 16.5. The molecule has 0 aliphatic carbocycles. The van der Waals surface area contributed by atoms with Gasteiger partial charge < -0.3 is 24.7 Å². The fourth-order valence-electron chi connectivity index (χ4n) is 4.11. The molecule has 0 unspecified atom stereocenters. The minimum atomic E-state index is 0.0270. The minimum absolute atomic E-state index is 0.0270. The zero-order valence-corrected chi connectivity index (χ0v) is 21.0. The van der Waals surface area contributed by atoms with E-state index >= 15 is 0 Å². The van der Waals surface area contributed by atoms with Crippen LogP contribution < -0.4 is 15.8 Å². The molecule has 10 nitrogen and oxygen atoms in total. The summed E-state index contributed by atoms with van der Waals surface area (Å²) in [6.45, 7) is 4.67. The van der Waals surface area contributed by atoms with Crippen molar-refractivity contribution >= 4 is 34.4 Å². The van der Waals surface area contributed by atoms with Gasteiger partial charge in [0.05, 0.1) is 19.3 Å². The summed E-state index contributed by atoms with van der Waals surface area (Å²) in [5.74, 6) is 1.67. The van der Waals surface area contributed by atoms with Crippen LogP contribution in [0.15, 0.2) is 27.6 Å². The zero-order valence-electron chi connectivity index (χ0n) is 21.0. The SMILES string of the molecule is C#C.COc1cc(N=C(N)NC#N)cc2cc(C)oc12.O=C(CN1CCCCCC1=O)N1CCCC1. The molecule has 3 heterocycles. The molecule has 192 valence electrons. The molecular formula is C26H34N6O4. The number of hydrogen-bond donors (Lipinski definition) is 2. The monoisotopic (exact) mass is 494 g/mol. The minimum Gasteiger partial charge on any atom is -0.493 e. The molecule has 0 saturated carbocycles. The van der Waals surface area contributed by atoms with Crippen LogP contribution in [0.1, 0.15) is 44.3 Å². The van der Waals surface area contributed by atoms with Gasteiger partial charge >= 0.3 is 0 Å². The summed E-state index contributed by atoms with van der Waals surface area (Å²) in [7, 11) is 1.55. The Kier molecular flexibility index (Phi) is 11.1. The summed E-state index contributed by atoms with van der Waals surface area (Å²) in [4.78, 5) is 31.3. The number of ether oxygens (including phenoxy) is 1. The van der Waals surface area contributed by atoms with Crippen LogP contribution in [0.25, 0.3) is 11.0 Å². The maximum absolute atomic E-state index is 11.9. The number of benzene rings is 1. The quantitative estimate of drug-likeness (QED) is 0.219. The van der Waals surface area contributed by atoms with Crippen molar-refractivity contribution in [3.05, 3.63) is 24.0 Å². The van der Waals surface area contributed by atoms with Gasteiger partial charge in [-0.05, 0) is 44.7 Å². The van der Waals surface area contributed by atoms with Crippen molar-refractivity contribution in [1.29, 1.82) is 5.26 Å². The first-order chi connectivity index (χ1) is 17.4. The van der Waals surface area contributed by atoms with Gasteiger partial charge in [-0.1, -0.05) is 6.42 Å². The van der Waals surface area contributed by atoms with E-state index < -0.39 is 0 Å². The summed E-state index contributed by atoms with van der Waals surface area (Å²) in [6.07, 6.45) is 15.7. The predicted octanol–water partition coefficient (Wildman–Crippen LogP) is 3.03. The normalized spacial score (nSPS) is 15.6. The molecule has 2 saturated heterocycles. The third-order valence-corrected chi connectivity index (χ3v) is 5.80. The number of aryl methyl sites for hydroxylation is 1. The number of rotatable bonds is 4. The average Bonchev–Trinajstić information content (AvgIpc) is 3.49. The highest BCUT2D eigenvalue weighted by Gasteiger charge is 2.23. The zero-order chi connectivity index (χ0) is 26.5. The standard InChI is InChI=1S/C12H12N4O2.C12H20N2O2.C2H2/c1-7-3-8-4-9(16-12(14)15-6-13)5-10(17-2)11(8)18-7;15-11-6-2-1-3-9-14(11)10-12(16)13-7-4-5-8-13;1-2/h3-5H,1-2H3,(H3,14,15,16);1-10H2;1-2H. The first-order valence-corrected chi connectivity index (χ1v) is 11.9. The number of nitriles is 1. The number of guanidine groups is 1. The molecule has 2 aliphatic heterocycles. The number of carbonyl (C=O) groups excluding carboxylic acids is 2. The molecule has 2 fully saturated rings. The fraction of sp³-hybridized carbons (Fsp3) is 0.462. The third-order valence-electron chi connectivity index (χ3n) is 5.80. The van der Waals surface area contributed by atoms with E-state index in [4.69, 9.17) is 20.1 Å². The first-order valence-electron chi connectivity index (χ1n) is 11.9. The van der Waals surface area contributed by atoms with Crippen LogP contribution in [0.3, 0.4) is 0 Å². The smallest absolute Gasteiger partial charge is 0.242 e. The molecule has 10 heteroatoms. The van der Waals surface area contributed by atoms with Gasteiger partial charge in [-0.3, -0.25) is 14.9 Å². The largest absolute Gasteiger partial charge is 0.493 e. The van der Waals surface area contributed by atoms with Crippen molar-refractivity contribution in [1.82, 2.24) is 15.1 Å². The highest BCUT2D eigenvalue weighted by Crippen LogP contribution is 2.33. The number of nitrogens with two attached hydrogens (primary N) is 1. The van der Waals surface area contributed by atoms with E-state index in [0.717, 1.165) is 62.9 Å². The summed E-state index contributed by atoms with van der Waals surface area (Å²) in [6, 6.07) is 5.38. The summed E-state index contributed by atoms with van der Waals surface area (Å²) < 4.78 is 10.8. The predicted molar refractivity (Wildman–Crippen MR) is 138 cm³/mol. The van der Waals surface area contributed by atoms with Crippen molar-refractivity contribution in [2.45, 2.75) is 45.4 Å². The lowest BCUT2D eigenvalue weighted by atomic mass is 10.2. The molecule has 0 bridgehead atoms. The van der Waals surface area contributed by atoms with Gasteiger partial charge in [0.25, 0.3) is 0 Å². The lowest BCUT2D eigenvalue weighted by Gasteiger charge is -2.23. The van der Waals surface area contributed by atoms with Crippen LogP contribution in [0.5, 0.6) is 5.75 Å². The molecule has 2 aromatic rings. The van der Waals surface area contributed by atoms with Gasteiger partial charge in [-0.2, -0.15) is 5.26 Å². The molecule has 1 aromatic heterocycles. The Bertz CT molecular complexity index is 1120. The molecule has 0 spiro atoms. The molecule has 0 radical (unpaired) electrons. The van der Waals surface area contributed by atoms with Gasteiger partial charge in [0, 0.05) is 37.5 Å². The maximum Gasteiger partial charge on any atom is 0.242 e. The molecule has 3 N–H and O–H groups in total. The van der Waals surface area contributed by atoms with E-state index in [0.29, 0.717) is 30.0 Å². The molecule has 1 aromatic carbocycles. The number of aliphatic imine (C=N–C) groups is 1. The fourth-order valence-corrected chi connectivity index (χ4v) is 4.11. The molecule has 36 heavy (non-hydrogen) atoms. The van der Waals surface area contributed by atoms with Gasteiger partial charge in [-0.25, -0.2) is 4.99 Å². The molecule has 0 atom stereocenters. The van der Waals surface area contributed by atoms with E-state index in [1.54, 1.807) is 30.3 Å². The Morgan fingerprint density at radius 2 is 1.89 bits per heavy atom. The van der Waals surface area contributed by atoms with Crippen molar-refractivity contribution in [2.75, 3.05) is 33.3 Å². The van der Waals surface area contributed by atoms with Crippen molar-refractivity contribution < 1.29 is 18.7 Å². The number of methoxy groups -OCH3 is 1. The highest BCUT2D eigenvalue weighted by molar-refractivity contribution is 5.89. The van der Waals surface area contributed by atoms with Crippen LogP contribution in [-0.2, 0) is 9.59 Å². The summed E-state index contributed by atoms with van der Waals surface area (Å²) in [5.41, 5.74) is 6.76. The van der Waals surface area contributed by atoms with Crippen molar-refractivity contribution in [3.63, 3.8) is 0 Å². The van der Waals surface area contributed by atoms with Gasteiger partial charge in [0.15, 0.2) is 17.5 Å². The Balaban J connectivity index is 0.000000239. The number of nitrogens with zero attached hydrogens (tertiary/aromatic N) is 4. The van der Waals surface area contributed by atoms with Crippen molar-refractivity contribution in [2.24, 2.45) is 10.7 Å². The second-order valence-electron chi connectivity index (χ2n) is 8.37. The second kappa shape index (κ2) is 14.3. The van der Waals surface area contributed by atoms with Crippen LogP contribution in [0, 0.1) is 31.2 Å². The number of carbonyl (C=O) groups is 2. The number of terminal acetylenes is 1. The lowest BCUT2D eigenvalue weighted by molar-refractivity contribution is -0.139. The molecule has 2 amide bonds. The second-order valence-corrected chi connectivity index (χ2v) is 8.37. The van der Waals surface area contributed by atoms with E-state index in [1.807, 2.05) is 17.9 Å². The van der Waals surface area contributed by atoms with Gasteiger partial charge in [0.1, 0.15) is 5.76 Å². The Morgan fingerprint density at radius 3 is 2.56 bits per heavy atom. The number of fused-ring (bicyclic) bond motifs is 1. The number of nitrogens with one attached hydrogen (secondary N) is 1. The Hall–Kier alpha value is -4.18. The summed E-state index contributed by atoms with van der Waals surface area (Å²) >= 11 is 0. The van der Waals surface area contributed by atoms with Gasteiger partial charge in [0.2, 0.25) is 17.8 Å². The summed E-state index contributed by atoms with van der Waals surface area (Å²) in [5, 5.41) is 11.6. The molecule has 2 aliphatic rings. The molecular weight excluding hydrogens is 460 g/mol. The molecule has 4 rings (SSSR count). The van der Waals surface area contributed by atoms with E-state index in [-0.39, 0.29) is 17.8 Å². The van der Waals surface area contributed by atoms with E-state index in [9.17, 15) is 9.59 Å². The average molecular weight is 495 g/mol. The van der Waals surface area contributed by atoms with Crippen LogP contribution in [0.2, 0.25) is 0 Å². The Morgan fingerprint density at radius 1 is 1.19 bits per heavy atom. The van der Waals surface area contributed by atoms with E-state index in [1.165, 1.54) is 0 Å². The topological polar surface area (TPSA) is 137 Å². The number of furan rings is 1. The third kappa shape index (κ3) is 7.95. The number of amides is 2. The maximum atomic E-state index is 11.9. The Labute approximate surface area is 212 Å². The van der Waals surface area contributed by atoms with E-state index in [2.05, 4.69) is 23.2 Å². The van der Waals surface area contributed by atoms with Crippen LogP contribution >= 0.6 is 0 Å². The van der Waals surface area contributed by atoms with Crippen molar-refractivity contribution in [3.8, 4) is 24.8 Å². The van der Waals surface area contributed by atoms with Crippen LogP contribution in [-0.4, -0.2) is 60.9 Å². The lowest BCUT2D eigenvalue weighted by Crippen LogP contribution is -2.41. The number of likely N-dealkylation sites (tertiary alicyclic amines) is 2. The van der Waals surface area contributed by atoms with Crippen LogP contribution in [0.4, 0.5) is 5.69 Å².